The minimum atomic E-state index is -4.38. The normalized spacial score (nSPS) is 13.7. The van der Waals surface area contributed by atoms with Gasteiger partial charge < -0.3 is 4.57 Å². The Kier molecular flexibility index (Phi) is 3.97. The molecule has 20 heavy (non-hydrogen) atoms. The van der Waals surface area contributed by atoms with Crippen molar-refractivity contribution in [3.63, 3.8) is 0 Å². The Bertz CT molecular complexity index is 753. The van der Waals surface area contributed by atoms with Gasteiger partial charge in [-0.05, 0) is 30.0 Å². The van der Waals surface area contributed by atoms with Crippen molar-refractivity contribution in [2.45, 2.75) is 15.3 Å². The number of aryl methyl sites for hydroxylation is 1. The van der Waals surface area contributed by atoms with Gasteiger partial charge in [-0.3, -0.25) is 9.00 Å². The van der Waals surface area contributed by atoms with Crippen LogP contribution in [-0.2, 0) is 17.8 Å². The Balaban J connectivity index is 2.66. The molecular weight excluding hydrogens is 311 g/mol. The topological polar surface area (TPSA) is 39.1 Å². The van der Waals surface area contributed by atoms with Crippen LogP contribution in [0.2, 0.25) is 0 Å². The summed E-state index contributed by atoms with van der Waals surface area (Å²) in [6, 6.07) is 3.88. The van der Waals surface area contributed by atoms with E-state index in [2.05, 4.69) is 0 Å². The van der Waals surface area contributed by atoms with E-state index in [9.17, 15) is 22.2 Å². The minimum Gasteiger partial charge on any atom is -0.349 e. The number of benzene rings is 1. The first-order chi connectivity index (χ1) is 9.19. The van der Waals surface area contributed by atoms with E-state index in [1.807, 2.05) is 0 Å². The number of aromatic nitrogens is 1. The monoisotopic (exact) mass is 321 g/mol. The van der Waals surface area contributed by atoms with Gasteiger partial charge in [-0.2, -0.15) is 13.2 Å². The van der Waals surface area contributed by atoms with Crippen LogP contribution in [0.15, 0.2) is 39.0 Å². The molecule has 0 fully saturated rings. The molecule has 0 saturated heterocycles. The Morgan fingerprint density at radius 1 is 1.30 bits per heavy atom. The van der Waals surface area contributed by atoms with Crippen molar-refractivity contribution in [1.82, 2.24) is 4.57 Å². The second kappa shape index (κ2) is 5.25. The van der Waals surface area contributed by atoms with E-state index in [4.69, 9.17) is 0 Å². The summed E-state index contributed by atoms with van der Waals surface area (Å²) in [7, 11) is 0.151. The molecule has 1 unspecified atom stereocenters. The smallest absolute Gasteiger partial charge is 0.349 e. The highest BCUT2D eigenvalue weighted by Gasteiger charge is 2.29. The van der Waals surface area contributed by atoms with Crippen molar-refractivity contribution in [2.24, 2.45) is 7.05 Å². The second-order valence-electron chi connectivity index (χ2n) is 4.11. The minimum absolute atomic E-state index is 0.00497. The average molecular weight is 321 g/mol. The fourth-order valence-corrected chi connectivity index (χ4v) is 3.09. The summed E-state index contributed by atoms with van der Waals surface area (Å²) < 4.78 is 50.0. The lowest BCUT2D eigenvalue weighted by atomic mass is 10.2. The molecule has 108 valence electrons. The summed E-state index contributed by atoms with van der Waals surface area (Å²) in [4.78, 5) is 12.2. The maximum atomic E-state index is 12.3. The van der Waals surface area contributed by atoms with Crippen LogP contribution in [0.4, 0.5) is 13.2 Å². The molecule has 1 atom stereocenters. The number of rotatable bonds is 2. The summed E-state index contributed by atoms with van der Waals surface area (Å²) in [5.74, 6) is 0. The predicted octanol–water partition coefficient (Wildman–Crippen LogP) is 2.89. The summed E-state index contributed by atoms with van der Waals surface area (Å²) in [6.45, 7) is 0. The fourth-order valence-electron chi connectivity index (χ4n) is 1.83. The molecule has 0 aliphatic rings. The number of pyridine rings is 1. The lowest BCUT2D eigenvalue weighted by Crippen LogP contribution is -2.14. The maximum Gasteiger partial charge on any atom is 0.446 e. The van der Waals surface area contributed by atoms with Gasteiger partial charge in [-0.25, -0.2) is 0 Å². The lowest BCUT2D eigenvalue weighted by Gasteiger charge is -2.10. The second-order valence-corrected chi connectivity index (χ2v) is 6.60. The third kappa shape index (κ3) is 3.06. The largest absolute Gasteiger partial charge is 0.446 e. The number of nitrogens with zero attached hydrogens (tertiary/aromatic N) is 1. The van der Waals surface area contributed by atoms with Crippen LogP contribution in [0.3, 0.4) is 0 Å². The molecule has 0 saturated carbocycles. The van der Waals surface area contributed by atoms with Gasteiger partial charge in [0.25, 0.3) is 0 Å². The highest BCUT2D eigenvalue weighted by Crippen LogP contribution is 2.37. The van der Waals surface area contributed by atoms with E-state index in [1.165, 1.54) is 35.2 Å². The quantitative estimate of drug-likeness (QED) is 0.799. The number of hydrogen-bond donors (Lipinski definition) is 0. The number of halogens is 3. The van der Waals surface area contributed by atoms with Gasteiger partial charge in [0.15, 0.2) is 0 Å². The summed E-state index contributed by atoms with van der Waals surface area (Å²) >= 11 is -0.235. The number of hydrogen-bond acceptors (Lipinski definition) is 3. The predicted molar refractivity (Wildman–Crippen MR) is 73.4 cm³/mol. The zero-order chi connectivity index (χ0) is 15.1. The Morgan fingerprint density at radius 2 is 1.95 bits per heavy atom. The van der Waals surface area contributed by atoms with Crippen molar-refractivity contribution in [3.8, 4) is 0 Å². The third-order valence-electron chi connectivity index (χ3n) is 2.67. The van der Waals surface area contributed by atoms with Crippen LogP contribution in [0.25, 0.3) is 10.9 Å². The van der Waals surface area contributed by atoms with Crippen LogP contribution < -0.4 is 5.43 Å². The van der Waals surface area contributed by atoms with E-state index in [0.717, 1.165) is 0 Å². The van der Waals surface area contributed by atoms with Crippen molar-refractivity contribution < 1.29 is 17.4 Å². The first-order valence-electron chi connectivity index (χ1n) is 5.41. The molecule has 1 heterocycles. The Hall–Kier alpha value is -1.28. The summed E-state index contributed by atoms with van der Waals surface area (Å²) in [5.41, 5.74) is -4.42. The van der Waals surface area contributed by atoms with Crippen LogP contribution in [0.1, 0.15) is 0 Å². The van der Waals surface area contributed by atoms with E-state index in [0.29, 0.717) is 5.52 Å². The van der Waals surface area contributed by atoms with Gasteiger partial charge in [0.2, 0.25) is 5.43 Å². The van der Waals surface area contributed by atoms with Gasteiger partial charge in [0.05, 0.1) is 16.3 Å². The zero-order valence-corrected chi connectivity index (χ0v) is 12.2. The molecule has 0 amide bonds. The van der Waals surface area contributed by atoms with Crippen molar-refractivity contribution >= 4 is 33.5 Å². The molecule has 8 heteroatoms. The SMILES string of the molecule is Cn1cc(S(C)=O)c(=O)c2ccc(SC(F)(F)F)cc21. The van der Waals surface area contributed by atoms with Gasteiger partial charge in [-0.15, -0.1) is 0 Å². The fraction of sp³-hybridized carbons (Fsp3) is 0.250. The summed E-state index contributed by atoms with van der Waals surface area (Å²) in [6.07, 6.45) is 2.78. The van der Waals surface area contributed by atoms with Crippen LogP contribution in [-0.4, -0.2) is 20.5 Å². The van der Waals surface area contributed by atoms with Crippen LogP contribution in [0.5, 0.6) is 0 Å². The van der Waals surface area contributed by atoms with Gasteiger partial charge in [0, 0.05) is 29.8 Å². The zero-order valence-electron chi connectivity index (χ0n) is 10.5. The van der Waals surface area contributed by atoms with Crippen molar-refractivity contribution in [1.29, 1.82) is 0 Å². The average Bonchev–Trinajstić information content (AvgIpc) is 2.31. The molecular formula is C12H10F3NO2S2. The Labute approximate surface area is 119 Å². The van der Waals surface area contributed by atoms with Gasteiger partial charge >= 0.3 is 5.51 Å². The maximum absolute atomic E-state index is 12.3. The van der Waals surface area contributed by atoms with Crippen LogP contribution in [0, 0.1) is 0 Å². The number of fused-ring (bicyclic) bond motifs is 1. The number of alkyl halides is 3. The molecule has 0 N–H and O–H groups in total. The van der Waals surface area contributed by atoms with E-state index < -0.39 is 21.7 Å². The van der Waals surface area contributed by atoms with Crippen molar-refractivity contribution in [2.75, 3.05) is 6.26 Å². The van der Waals surface area contributed by atoms with E-state index >= 15 is 0 Å². The first kappa shape index (κ1) is 15.1. The molecule has 3 nitrogen and oxygen atoms in total. The molecule has 0 bridgehead atoms. The Morgan fingerprint density at radius 3 is 2.50 bits per heavy atom. The molecule has 2 rings (SSSR count). The molecule has 0 spiro atoms. The third-order valence-corrected chi connectivity index (χ3v) is 4.30. The standard InChI is InChI=1S/C12H10F3NO2S2/c1-16-6-10(20(2)18)11(17)8-4-3-7(5-9(8)16)19-12(13,14)15/h3-6H,1-2H3. The van der Waals surface area contributed by atoms with Crippen molar-refractivity contribution in [3.05, 3.63) is 34.6 Å². The molecule has 1 aromatic heterocycles. The van der Waals surface area contributed by atoms with E-state index in [1.54, 1.807) is 7.05 Å². The summed E-state index contributed by atoms with van der Waals surface area (Å²) in [5, 5.41) is 0.256. The lowest BCUT2D eigenvalue weighted by molar-refractivity contribution is -0.0328. The van der Waals surface area contributed by atoms with Crippen LogP contribution >= 0.6 is 11.8 Å². The molecule has 2 aromatic rings. The molecule has 1 aromatic carbocycles. The number of thioether (sulfide) groups is 1. The van der Waals surface area contributed by atoms with E-state index in [-0.39, 0.29) is 26.9 Å². The van der Waals surface area contributed by atoms with Gasteiger partial charge in [0.1, 0.15) is 4.90 Å². The molecule has 0 aliphatic heterocycles. The highest BCUT2D eigenvalue weighted by molar-refractivity contribution is 8.00. The highest BCUT2D eigenvalue weighted by atomic mass is 32.2. The van der Waals surface area contributed by atoms with Gasteiger partial charge in [-0.1, -0.05) is 0 Å². The first-order valence-corrected chi connectivity index (χ1v) is 7.79. The molecule has 0 radical (unpaired) electrons. The molecule has 0 aliphatic carbocycles.